The average Bonchev–Trinajstić information content (AvgIpc) is 3.14. The lowest BCUT2D eigenvalue weighted by Gasteiger charge is -2.33. The molecule has 0 saturated heterocycles. The molecule has 0 aliphatic heterocycles. The third-order valence-corrected chi connectivity index (χ3v) is 3.41. The van der Waals surface area contributed by atoms with E-state index >= 15 is 0 Å². The molecule has 0 bridgehead atoms. The van der Waals surface area contributed by atoms with Crippen molar-refractivity contribution in [3.8, 4) is 5.75 Å². The molecule has 4 heteroatoms. The normalized spacial score (nSPS) is 17.6. The summed E-state index contributed by atoms with van der Waals surface area (Å²) in [5, 5.41) is 0. The fourth-order valence-electron chi connectivity index (χ4n) is 1.96. The number of rotatable bonds is 6. The number of methoxy groups -OCH3 is 1. The maximum Gasteiger partial charge on any atom is 0.120 e. The summed E-state index contributed by atoms with van der Waals surface area (Å²) in [7, 11) is 1.69. The summed E-state index contributed by atoms with van der Waals surface area (Å²) in [6, 6.07) is 7.96. The van der Waals surface area contributed by atoms with E-state index in [1.807, 2.05) is 38.1 Å². The summed E-state index contributed by atoms with van der Waals surface area (Å²) in [4.78, 5) is 0. The van der Waals surface area contributed by atoms with Crippen LogP contribution in [0.5, 0.6) is 5.75 Å². The van der Waals surface area contributed by atoms with Crippen molar-refractivity contribution in [2.24, 2.45) is 5.84 Å². The van der Waals surface area contributed by atoms with Crippen LogP contribution in [0.15, 0.2) is 24.3 Å². The van der Waals surface area contributed by atoms with E-state index in [4.69, 9.17) is 15.3 Å². The summed E-state index contributed by atoms with van der Waals surface area (Å²) in [5.74, 6) is 6.56. The van der Waals surface area contributed by atoms with Crippen LogP contribution in [0.1, 0.15) is 38.3 Å². The average molecular weight is 250 g/mol. The van der Waals surface area contributed by atoms with Crippen molar-refractivity contribution in [3.63, 3.8) is 0 Å². The quantitative estimate of drug-likeness (QED) is 0.600. The van der Waals surface area contributed by atoms with Gasteiger partial charge in [-0.15, -0.1) is 0 Å². The molecule has 1 aliphatic carbocycles. The van der Waals surface area contributed by atoms with Crippen molar-refractivity contribution >= 4 is 0 Å². The van der Waals surface area contributed by atoms with Gasteiger partial charge in [-0.05, 0) is 44.4 Å². The number of ether oxygens (including phenoxy) is 2. The highest BCUT2D eigenvalue weighted by Gasteiger charge is 2.30. The SMILES string of the molecule is COC(C)(C)C(NN)c1cccc(OC2CC2)c1. The van der Waals surface area contributed by atoms with Crippen molar-refractivity contribution in [3.05, 3.63) is 29.8 Å². The highest BCUT2D eigenvalue weighted by Crippen LogP contribution is 2.32. The van der Waals surface area contributed by atoms with E-state index in [0.29, 0.717) is 6.10 Å². The van der Waals surface area contributed by atoms with Crippen molar-refractivity contribution in [2.45, 2.75) is 44.4 Å². The van der Waals surface area contributed by atoms with Gasteiger partial charge in [0.15, 0.2) is 0 Å². The lowest BCUT2D eigenvalue weighted by molar-refractivity contribution is -0.0112. The van der Waals surface area contributed by atoms with Crippen LogP contribution in [0.4, 0.5) is 0 Å². The molecular weight excluding hydrogens is 228 g/mol. The Kier molecular flexibility index (Phi) is 3.90. The van der Waals surface area contributed by atoms with Gasteiger partial charge >= 0.3 is 0 Å². The molecule has 0 aromatic heterocycles. The van der Waals surface area contributed by atoms with E-state index in [-0.39, 0.29) is 11.6 Å². The number of benzene rings is 1. The molecule has 1 aromatic carbocycles. The van der Waals surface area contributed by atoms with Crippen LogP contribution in [0, 0.1) is 0 Å². The Hall–Kier alpha value is -1.10. The van der Waals surface area contributed by atoms with Crippen molar-refractivity contribution < 1.29 is 9.47 Å². The monoisotopic (exact) mass is 250 g/mol. The largest absolute Gasteiger partial charge is 0.490 e. The zero-order chi connectivity index (χ0) is 13.2. The topological polar surface area (TPSA) is 56.5 Å². The van der Waals surface area contributed by atoms with Gasteiger partial charge in [0.2, 0.25) is 0 Å². The summed E-state index contributed by atoms with van der Waals surface area (Å²) in [6.45, 7) is 4.01. The van der Waals surface area contributed by atoms with Crippen LogP contribution in [-0.4, -0.2) is 18.8 Å². The van der Waals surface area contributed by atoms with Crippen molar-refractivity contribution in [2.75, 3.05) is 7.11 Å². The number of hydrogen-bond acceptors (Lipinski definition) is 4. The van der Waals surface area contributed by atoms with Gasteiger partial charge in [0, 0.05) is 7.11 Å². The second kappa shape index (κ2) is 5.26. The Bertz CT molecular complexity index is 403. The van der Waals surface area contributed by atoms with Gasteiger partial charge < -0.3 is 9.47 Å². The van der Waals surface area contributed by atoms with Gasteiger partial charge in [-0.3, -0.25) is 11.3 Å². The standard InChI is InChI=1S/C14H22N2O2/c1-14(2,17-3)13(16-15)10-5-4-6-12(9-10)18-11-7-8-11/h4-6,9,11,13,16H,7-8,15H2,1-3H3. The Morgan fingerprint density at radius 3 is 2.67 bits per heavy atom. The molecule has 4 nitrogen and oxygen atoms in total. The molecule has 3 N–H and O–H groups in total. The third kappa shape index (κ3) is 3.02. The van der Waals surface area contributed by atoms with Crippen LogP contribution in [0.2, 0.25) is 0 Å². The third-order valence-electron chi connectivity index (χ3n) is 3.41. The zero-order valence-electron chi connectivity index (χ0n) is 11.3. The Morgan fingerprint density at radius 1 is 1.39 bits per heavy atom. The summed E-state index contributed by atoms with van der Waals surface area (Å²) >= 11 is 0. The van der Waals surface area contributed by atoms with Gasteiger partial charge in [0.1, 0.15) is 5.75 Å². The molecule has 1 atom stereocenters. The lowest BCUT2D eigenvalue weighted by atomic mass is 9.92. The molecule has 18 heavy (non-hydrogen) atoms. The lowest BCUT2D eigenvalue weighted by Crippen LogP contribution is -2.43. The van der Waals surface area contributed by atoms with Gasteiger partial charge in [-0.25, -0.2) is 0 Å². The van der Waals surface area contributed by atoms with Gasteiger partial charge in [-0.1, -0.05) is 12.1 Å². The first-order chi connectivity index (χ1) is 8.56. The van der Waals surface area contributed by atoms with Crippen molar-refractivity contribution in [1.29, 1.82) is 0 Å². The van der Waals surface area contributed by atoms with E-state index in [1.165, 1.54) is 0 Å². The molecule has 0 radical (unpaired) electrons. The first-order valence-electron chi connectivity index (χ1n) is 6.34. The van der Waals surface area contributed by atoms with Crippen LogP contribution in [0.25, 0.3) is 0 Å². The number of hydrogen-bond donors (Lipinski definition) is 2. The molecule has 1 aliphatic rings. The van der Waals surface area contributed by atoms with E-state index in [9.17, 15) is 0 Å². The van der Waals surface area contributed by atoms with Gasteiger partial charge in [0.25, 0.3) is 0 Å². The Morgan fingerprint density at radius 2 is 2.11 bits per heavy atom. The zero-order valence-corrected chi connectivity index (χ0v) is 11.3. The maximum atomic E-state index is 5.80. The Balaban J connectivity index is 2.19. The van der Waals surface area contributed by atoms with Gasteiger partial charge in [0.05, 0.1) is 17.7 Å². The van der Waals surface area contributed by atoms with E-state index in [0.717, 1.165) is 24.2 Å². The molecule has 0 spiro atoms. The molecule has 1 fully saturated rings. The summed E-state index contributed by atoms with van der Waals surface area (Å²) in [5.41, 5.74) is 3.51. The minimum absolute atomic E-state index is 0.0785. The van der Waals surface area contributed by atoms with Crippen LogP contribution < -0.4 is 16.0 Å². The second-order valence-corrected chi connectivity index (χ2v) is 5.30. The molecule has 0 amide bonds. The first-order valence-corrected chi connectivity index (χ1v) is 6.34. The van der Waals surface area contributed by atoms with Crippen LogP contribution in [0.3, 0.4) is 0 Å². The van der Waals surface area contributed by atoms with Crippen LogP contribution >= 0.6 is 0 Å². The minimum Gasteiger partial charge on any atom is -0.490 e. The molecule has 1 aromatic rings. The fraction of sp³-hybridized carbons (Fsp3) is 0.571. The molecule has 100 valence electrons. The number of hydrazine groups is 1. The van der Waals surface area contributed by atoms with E-state index in [1.54, 1.807) is 7.11 Å². The fourth-order valence-corrected chi connectivity index (χ4v) is 1.96. The number of nitrogens with two attached hydrogens (primary N) is 1. The van der Waals surface area contributed by atoms with Crippen LogP contribution in [-0.2, 0) is 4.74 Å². The van der Waals surface area contributed by atoms with E-state index in [2.05, 4.69) is 5.43 Å². The molecular formula is C14H22N2O2. The van der Waals surface area contributed by atoms with Gasteiger partial charge in [-0.2, -0.15) is 0 Å². The molecule has 2 rings (SSSR count). The second-order valence-electron chi connectivity index (χ2n) is 5.30. The molecule has 1 unspecified atom stereocenters. The predicted molar refractivity (Wildman–Crippen MR) is 71.2 cm³/mol. The highest BCUT2D eigenvalue weighted by molar-refractivity contribution is 5.32. The first kappa shape index (κ1) is 13.3. The smallest absolute Gasteiger partial charge is 0.120 e. The Labute approximate surface area is 108 Å². The summed E-state index contributed by atoms with van der Waals surface area (Å²) in [6.07, 6.45) is 2.72. The number of nitrogens with one attached hydrogen (secondary N) is 1. The highest BCUT2D eigenvalue weighted by atomic mass is 16.5. The summed E-state index contributed by atoms with van der Waals surface area (Å²) < 4.78 is 11.3. The maximum absolute atomic E-state index is 5.80. The molecule has 1 saturated carbocycles. The minimum atomic E-state index is -0.382. The molecule has 0 heterocycles. The predicted octanol–water partition coefficient (Wildman–Crippen LogP) is 2.16. The van der Waals surface area contributed by atoms with Crippen molar-refractivity contribution in [1.82, 2.24) is 5.43 Å². The van der Waals surface area contributed by atoms with E-state index < -0.39 is 0 Å².